The van der Waals surface area contributed by atoms with Gasteiger partial charge in [0.15, 0.2) is 0 Å². The van der Waals surface area contributed by atoms with E-state index in [2.05, 4.69) is 44.3 Å². The molecule has 0 radical (unpaired) electrons. The van der Waals surface area contributed by atoms with Crippen LogP contribution in [0.2, 0.25) is 13.1 Å². The van der Waals surface area contributed by atoms with E-state index in [0.717, 1.165) is 6.42 Å². The molecule has 0 saturated carbocycles. The second kappa shape index (κ2) is 4.36. The van der Waals surface area contributed by atoms with E-state index in [0.29, 0.717) is 0 Å². The van der Waals surface area contributed by atoms with Crippen molar-refractivity contribution in [3.05, 3.63) is 46.2 Å². The molecular weight excluding hydrogens is 196 g/mol. The monoisotopic (exact) mass is 216 g/mol. The van der Waals surface area contributed by atoms with Crippen LogP contribution in [0.1, 0.15) is 26.2 Å². The fourth-order valence-corrected chi connectivity index (χ4v) is 4.25. The van der Waals surface area contributed by atoms with Crippen molar-refractivity contribution in [3.8, 4) is 0 Å². The van der Waals surface area contributed by atoms with E-state index >= 15 is 0 Å². The summed E-state index contributed by atoms with van der Waals surface area (Å²) in [4.78, 5) is 0. The van der Waals surface area contributed by atoms with Crippen LogP contribution in [0.4, 0.5) is 0 Å². The topological polar surface area (TPSA) is 0 Å². The zero-order chi connectivity index (χ0) is 10.8. The van der Waals surface area contributed by atoms with Crippen LogP contribution >= 0.6 is 0 Å². The largest absolute Gasteiger partial charge is 0.0801 e. The van der Waals surface area contributed by atoms with Crippen molar-refractivity contribution in [2.75, 3.05) is 0 Å². The van der Waals surface area contributed by atoms with Gasteiger partial charge in [-0.1, -0.05) is 49.5 Å². The molecule has 0 aromatic heterocycles. The molecule has 1 heteroatoms. The van der Waals surface area contributed by atoms with Gasteiger partial charge in [0.05, 0.1) is 8.80 Å². The first-order valence-electron chi connectivity index (χ1n) is 6.02. The lowest BCUT2D eigenvalue weighted by atomic mass is 9.98. The first-order chi connectivity index (χ1) is 7.24. The van der Waals surface area contributed by atoms with Crippen LogP contribution in [-0.2, 0) is 0 Å². The maximum atomic E-state index is 2.46. The summed E-state index contributed by atoms with van der Waals surface area (Å²) in [5.74, 6) is 0. The molecule has 0 heterocycles. The van der Waals surface area contributed by atoms with Crippen molar-refractivity contribution in [3.63, 3.8) is 0 Å². The van der Waals surface area contributed by atoms with Gasteiger partial charge in [-0.2, -0.15) is 0 Å². The molecule has 15 heavy (non-hydrogen) atoms. The molecule has 0 aromatic carbocycles. The molecular formula is C14H20Si. The van der Waals surface area contributed by atoms with E-state index in [1.54, 1.807) is 16.3 Å². The molecule has 0 atom stereocenters. The minimum absolute atomic E-state index is 0.600. The Morgan fingerprint density at radius 1 is 1.27 bits per heavy atom. The molecule has 0 N–H and O–H groups in total. The molecule has 80 valence electrons. The normalized spacial score (nSPS) is 20.3. The fourth-order valence-electron chi connectivity index (χ4n) is 2.60. The summed E-state index contributed by atoms with van der Waals surface area (Å²) in [6.45, 7) is 7.19. The SMILES string of the molecule is CCC1=C([SiH](C)C)CC=C1C1=CC=CC1. The highest BCUT2D eigenvalue weighted by Crippen LogP contribution is 2.37. The van der Waals surface area contributed by atoms with Gasteiger partial charge in [0.2, 0.25) is 0 Å². The molecule has 0 aliphatic heterocycles. The highest BCUT2D eigenvalue weighted by Gasteiger charge is 2.21. The Morgan fingerprint density at radius 2 is 2.07 bits per heavy atom. The number of rotatable bonds is 3. The highest BCUT2D eigenvalue weighted by atomic mass is 28.3. The molecule has 0 saturated heterocycles. The predicted octanol–water partition coefficient (Wildman–Crippen LogP) is 3.94. The maximum absolute atomic E-state index is 2.46. The number of hydrogen-bond donors (Lipinski definition) is 0. The van der Waals surface area contributed by atoms with Crippen LogP contribution in [-0.4, -0.2) is 8.80 Å². The van der Waals surface area contributed by atoms with E-state index in [9.17, 15) is 0 Å². The highest BCUT2D eigenvalue weighted by molar-refractivity contribution is 6.64. The molecule has 0 nitrogen and oxygen atoms in total. The van der Waals surface area contributed by atoms with Crippen LogP contribution in [0, 0.1) is 0 Å². The Bertz CT molecular complexity index is 378. The van der Waals surface area contributed by atoms with Gasteiger partial charge in [0, 0.05) is 0 Å². The predicted molar refractivity (Wildman–Crippen MR) is 70.7 cm³/mol. The van der Waals surface area contributed by atoms with E-state index in [1.165, 1.54) is 18.4 Å². The van der Waals surface area contributed by atoms with Crippen LogP contribution in [0.5, 0.6) is 0 Å². The Labute approximate surface area is 94.7 Å². The van der Waals surface area contributed by atoms with E-state index in [1.807, 2.05) is 0 Å². The average molecular weight is 216 g/mol. The van der Waals surface area contributed by atoms with Gasteiger partial charge in [0.25, 0.3) is 0 Å². The van der Waals surface area contributed by atoms with Crippen LogP contribution in [0.25, 0.3) is 0 Å². The second-order valence-electron chi connectivity index (χ2n) is 4.66. The van der Waals surface area contributed by atoms with E-state index in [4.69, 9.17) is 0 Å². The summed E-state index contributed by atoms with van der Waals surface area (Å²) < 4.78 is 0. The van der Waals surface area contributed by atoms with Gasteiger partial charge in [-0.15, -0.1) is 0 Å². The molecule has 0 aromatic rings. The van der Waals surface area contributed by atoms with Gasteiger partial charge in [-0.25, -0.2) is 0 Å². The lowest BCUT2D eigenvalue weighted by Crippen LogP contribution is -2.06. The van der Waals surface area contributed by atoms with Gasteiger partial charge in [-0.05, 0) is 36.0 Å². The Hall–Kier alpha value is -0.823. The summed E-state index contributed by atoms with van der Waals surface area (Å²) in [6.07, 6.45) is 12.8. The smallest absolute Gasteiger partial charge is 0.0603 e. The van der Waals surface area contributed by atoms with Crippen molar-refractivity contribution in [2.24, 2.45) is 0 Å². The lowest BCUT2D eigenvalue weighted by molar-refractivity contribution is 1.09. The van der Waals surface area contributed by atoms with Crippen LogP contribution in [0.3, 0.4) is 0 Å². The third-order valence-electron chi connectivity index (χ3n) is 3.41. The Balaban J connectivity index is 2.28. The molecule has 0 spiro atoms. The fraction of sp³-hybridized carbons (Fsp3) is 0.429. The molecule has 0 amide bonds. The first-order valence-corrected chi connectivity index (χ1v) is 8.91. The van der Waals surface area contributed by atoms with E-state index < -0.39 is 8.80 Å². The Kier molecular flexibility index (Phi) is 3.10. The van der Waals surface area contributed by atoms with Gasteiger partial charge >= 0.3 is 0 Å². The zero-order valence-corrected chi connectivity index (χ0v) is 11.2. The third kappa shape index (κ3) is 1.93. The number of hydrogen-bond acceptors (Lipinski definition) is 0. The van der Waals surface area contributed by atoms with Crippen molar-refractivity contribution in [2.45, 2.75) is 39.3 Å². The van der Waals surface area contributed by atoms with Crippen molar-refractivity contribution in [1.82, 2.24) is 0 Å². The number of allylic oxidation sites excluding steroid dienone is 8. The second-order valence-corrected chi connectivity index (χ2v) is 7.66. The first kappa shape index (κ1) is 10.7. The molecule has 2 aliphatic rings. The third-order valence-corrected chi connectivity index (χ3v) is 5.38. The van der Waals surface area contributed by atoms with Gasteiger partial charge in [0.1, 0.15) is 0 Å². The average Bonchev–Trinajstić information content (AvgIpc) is 2.85. The summed E-state index contributed by atoms with van der Waals surface area (Å²) in [5.41, 5.74) is 4.78. The van der Waals surface area contributed by atoms with E-state index in [-0.39, 0.29) is 0 Å². The standard InChI is InChI=1S/C14H20Si/c1-4-12-13(11-7-5-6-8-11)9-10-14(12)15(2)3/h5-7,9,15H,4,8,10H2,1-3H3. The molecule has 0 unspecified atom stereocenters. The Morgan fingerprint density at radius 3 is 2.60 bits per heavy atom. The molecule has 2 aliphatic carbocycles. The molecule has 0 fully saturated rings. The summed E-state index contributed by atoms with van der Waals surface area (Å²) in [6, 6.07) is 0. The van der Waals surface area contributed by atoms with Crippen LogP contribution < -0.4 is 0 Å². The summed E-state index contributed by atoms with van der Waals surface area (Å²) in [5, 5.41) is 1.79. The van der Waals surface area contributed by atoms with Gasteiger partial charge < -0.3 is 0 Å². The van der Waals surface area contributed by atoms with Crippen LogP contribution in [0.15, 0.2) is 46.2 Å². The zero-order valence-electron chi connectivity index (χ0n) is 10.0. The lowest BCUT2D eigenvalue weighted by Gasteiger charge is -2.12. The minimum atomic E-state index is -0.600. The van der Waals surface area contributed by atoms with Crippen molar-refractivity contribution in [1.29, 1.82) is 0 Å². The molecule has 2 rings (SSSR count). The maximum Gasteiger partial charge on any atom is 0.0603 e. The van der Waals surface area contributed by atoms with Crippen molar-refractivity contribution < 1.29 is 0 Å². The molecule has 0 bridgehead atoms. The van der Waals surface area contributed by atoms with Gasteiger partial charge in [-0.3, -0.25) is 0 Å². The summed E-state index contributed by atoms with van der Waals surface area (Å²) in [7, 11) is -0.600. The quantitative estimate of drug-likeness (QED) is 0.627. The van der Waals surface area contributed by atoms with Crippen molar-refractivity contribution >= 4 is 8.80 Å². The summed E-state index contributed by atoms with van der Waals surface area (Å²) >= 11 is 0. The minimum Gasteiger partial charge on any atom is -0.0801 e.